The number of fused-ring (bicyclic) bond motifs is 5. The number of allylic oxidation sites excluding steroid dienone is 9. The van der Waals surface area contributed by atoms with E-state index in [0.29, 0.717) is 86.0 Å². The maximum atomic E-state index is 14.4. The van der Waals surface area contributed by atoms with E-state index < -0.39 is 17.7 Å². The van der Waals surface area contributed by atoms with Gasteiger partial charge in [0.05, 0.1) is 29.9 Å². The topological polar surface area (TPSA) is 144 Å². The van der Waals surface area contributed by atoms with E-state index in [-0.39, 0.29) is 47.9 Å². The van der Waals surface area contributed by atoms with Crippen LogP contribution in [0.1, 0.15) is 148 Å². The van der Waals surface area contributed by atoms with E-state index in [1.165, 1.54) is 57.6 Å². The average Bonchev–Trinajstić information content (AvgIpc) is 4.02. The molecule has 357 valence electrons. The van der Waals surface area contributed by atoms with Crippen LogP contribution in [-0.2, 0) is 36.1 Å². The average molecular weight is 947 g/mol. The smallest absolute Gasteiger partial charge is 0.877 e. The van der Waals surface area contributed by atoms with Gasteiger partial charge in [-0.25, -0.2) is 9.98 Å². The third-order valence-electron chi connectivity index (χ3n) is 14.1. The van der Waals surface area contributed by atoms with Gasteiger partial charge in [0, 0.05) is 40.8 Å². The molecule has 0 saturated heterocycles. The van der Waals surface area contributed by atoms with Crippen LogP contribution in [-0.4, -0.2) is 48.6 Å². The normalized spacial score (nSPS) is 21.6. The molecule has 4 aliphatic heterocycles. The molecule has 11 heteroatoms. The molecule has 0 amide bonds. The predicted octanol–water partition coefficient (Wildman–Crippen LogP) is 9.38. The first kappa shape index (κ1) is 52.1. The van der Waals surface area contributed by atoms with Gasteiger partial charge in [0.1, 0.15) is 12.5 Å². The Labute approximate surface area is 403 Å². The Hall–Kier alpha value is -4.86. The summed E-state index contributed by atoms with van der Waals surface area (Å²) in [5.41, 5.74) is 9.02. The fourth-order valence-electron chi connectivity index (χ4n) is 10.0. The fourth-order valence-corrected chi connectivity index (χ4v) is 10.0. The van der Waals surface area contributed by atoms with E-state index in [2.05, 4.69) is 41.2 Å². The number of aromatic nitrogens is 1. The summed E-state index contributed by atoms with van der Waals surface area (Å²) in [5.74, 6) is -0.983. The number of nitrogens with zero attached hydrogens (tertiary/aromatic N) is 4. The van der Waals surface area contributed by atoms with Crippen molar-refractivity contribution in [3.8, 4) is 0 Å². The number of esters is 2. The molecule has 0 N–H and O–H groups in total. The molecule has 66 heavy (non-hydrogen) atoms. The minimum atomic E-state index is -1.27. The number of ether oxygens (including phenoxy) is 2. The first-order chi connectivity index (χ1) is 31.1. The molecule has 1 aliphatic carbocycles. The van der Waals surface area contributed by atoms with Gasteiger partial charge in [-0.05, 0) is 105 Å². The van der Waals surface area contributed by atoms with Crippen molar-refractivity contribution in [3.63, 3.8) is 0 Å². The first-order valence-corrected chi connectivity index (χ1v) is 24.0. The van der Waals surface area contributed by atoms with Crippen LogP contribution < -0.4 is 20.8 Å². The molecule has 5 heterocycles. The molecule has 1 aromatic heterocycles. The number of methoxy groups -OCH3 is 1. The predicted molar refractivity (Wildman–Crippen MR) is 260 cm³/mol. The first-order valence-electron chi connectivity index (χ1n) is 24.0. The van der Waals surface area contributed by atoms with Crippen LogP contribution in [0, 0.1) is 42.4 Å². The van der Waals surface area contributed by atoms with Gasteiger partial charge in [-0.15, -0.1) is 17.0 Å². The van der Waals surface area contributed by atoms with E-state index >= 15 is 0 Å². The third-order valence-corrected chi connectivity index (χ3v) is 14.1. The number of ketones is 1. The van der Waals surface area contributed by atoms with E-state index in [0.717, 1.165) is 47.7 Å². The van der Waals surface area contributed by atoms with Crippen LogP contribution in [0.25, 0.3) is 11.6 Å². The van der Waals surface area contributed by atoms with Crippen LogP contribution in [0.2, 0.25) is 0 Å². The van der Waals surface area contributed by atoms with E-state index in [1.807, 2.05) is 45.9 Å². The second kappa shape index (κ2) is 23.2. The van der Waals surface area contributed by atoms with E-state index in [4.69, 9.17) is 29.4 Å². The van der Waals surface area contributed by atoms with E-state index in [1.54, 1.807) is 12.2 Å². The van der Waals surface area contributed by atoms with Gasteiger partial charge in [0.2, 0.25) is 0 Å². The Morgan fingerprint density at radius 3 is 2.26 bits per heavy atom. The van der Waals surface area contributed by atoms with Crippen molar-refractivity contribution in [1.82, 2.24) is 4.98 Å². The molecule has 1 radical (unpaired) electrons. The third kappa shape index (κ3) is 11.4. The van der Waals surface area contributed by atoms with Crippen molar-refractivity contribution >= 4 is 46.5 Å². The van der Waals surface area contributed by atoms with Crippen molar-refractivity contribution in [3.05, 3.63) is 104 Å². The van der Waals surface area contributed by atoms with Crippen LogP contribution in [0.15, 0.2) is 97.1 Å². The summed E-state index contributed by atoms with van der Waals surface area (Å²) in [5, 5.41) is 13.5. The van der Waals surface area contributed by atoms with Crippen molar-refractivity contribution in [1.29, 1.82) is 0 Å². The number of carbonyl (C=O) groups is 3. The molecule has 1 aromatic rings. The van der Waals surface area contributed by atoms with Crippen molar-refractivity contribution < 1.29 is 46.0 Å². The Balaban J connectivity index is 0.00000817. The fraction of sp³-hybridized carbons (Fsp3) is 0.527. The SMILES string of the molecule is C=CC1=C(C)C2=NC1=CC1=NC(=C(CC)C1=C[O-])C=c1[n-]c3c(c1C)C(=O)C(C(=O)OC)C=3C1=NC(=C2)C(C)C1CCC(=O)OCC=C(C)CCCC(C)CCCC(C)CCCC(C)C.[Cu+2]. The summed E-state index contributed by atoms with van der Waals surface area (Å²) >= 11 is 0. The zero-order valence-electron chi connectivity index (χ0n) is 40.9. The van der Waals surface area contributed by atoms with Gasteiger partial charge in [-0.1, -0.05) is 116 Å². The number of aliphatic imine (C=N–C) groups is 3. The monoisotopic (exact) mass is 945 g/mol. The maximum absolute atomic E-state index is 14.4. The van der Waals surface area contributed by atoms with Gasteiger partial charge >= 0.3 is 29.0 Å². The van der Waals surface area contributed by atoms with Gasteiger partial charge in [-0.3, -0.25) is 19.4 Å². The maximum Gasteiger partial charge on any atom is 2.00 e. The molecule has 0 saturated carbocycles. The Kier molecular flexibility index (Phi) is 18.3. The number of Topliss-reactive ketones (excluding diaryl/α,β-unsaturated/α-hetero) is 1. The molecular weight excluding hydrogens is 876 g/mol. The number of rotatable bonds is 20. The van der Waals surface area contributed by atoms with Crippen molar-refractivity contribution in [2.75, 3.05) is 13.7 Å². The van der Waals surface area contributed by atoms with Gasteiger partial charge in [-0.2, -0.15) is 0 Å². The molecule has 5 aliphatic rings. The van der Waals surface area contributed by atoms with E-state index in [9.17, 15) is 19.5 Å². The Bertz CT molecular complexity index is 2500. The minimum Gasteiger partial charge on any atom is -0.877 e. The summed E-state index contributed by atoms with van der Waals surface area (Å²) in [6.45, 7) is 23.5. The summed E-state index contributed by atoms with van der Waals surface area (Å²) in [7, 11) is 1.27. The number of hydrogen-bond donors (Lipinski definition) is 0. The molecule has 10 nitrogen and oxygen atoms in total. The largest absolute Gasteiger partial charge is 2.00 e. The Morgan fingerprint density at radius 2 is 1.62 bits per heavy atom. The second-order valence-electron chi connectivity index (χ2n) is 19.3. The molecule has 5 atom stereocenters. The molecule has 0 aromatic carbocycles. The summed E-state index contributed by atoms with van der Waals surface area (Å²) in [6, 6.07) is 0. The van der Waals surface area contributed by atoms with Gasteiger partial charge in [0.15, 0.2) is 5.78 Å². The van der Waals surface area contributed by atoms with Crippen LogP contribution >= 0.6 is 0 Å². The van der Waals surface area contributed by atoms with Crippen LogP contribution in [0.4, 0.5) is 0 Å². The second-order valence-corrected chi connectivity index (χ2v) is 19.3. The van der Waals surface area contributed by atoms with Crippen molar-refractivity contribution in [2.45, 2.75) is 139 Å². The van der Waals surface area contributed by atoms with Gasteiger partial charge < -0.3 is 19.6 Å². The quantitative estimate of drug-likeness (QED) is 0.0417. The van der Waals surface area contributed by atoms with Crippen molar-refractivity contribution in [2.24, 2.45) is 50.5 Å². The molecule has 6 rings (SSSR count). The van der Waals surface area contributed by atoms with Gasteiger partial charge in [0.25, 0.3) is 0 Å². The molecular formula is C55H70CuN4O6. The molecule has 5 unspecified atom stereocenters. The number of hydrogen-bond acceptors (Lipinski definition) is 9. The summed E-state index contributed by atoms with van der Waals surface area (Å²) < 4.78 is 11.0. The summed E-state index contributed by atoms with van der Waals surface area (Å²) in [6.07, 6.45) is 22.3. The number of carbonyl (C=O) groups excluding carboxylic acids is 3. The zero-order chi connectivity index (χ0) is 47.1. The van der Waals surface area contributed by atoms with Crippen LogP contribution in [0.3, 0.4) is 0 Å². The standard InChI is InChI=1S/C55H72N4O6.Cu/c1-12-38-35(8)42-27-43-36(9)40(23-24-48(61)65-26-25-34(7)22-16-21-33(6)20-15-19-32(5)18-14-17-31(3)4)52(58-43)50-51(55(63)64-11)54(62)49-37(10)44(59-53(49)50)28-46-39(13-2)41(30-60)47(57-46)29-45(38)56-42;/h12,25,27-33,36,40,51H,1,13-24,26H2,2-11H3,(H2,56,57,58,59,60,62);/q;+2/p-2. The summed E-state index contributed by atoms with van der Waals surface area (Å²) in [4.78, 5) is 61.5. The zero-order valence-corrected chi connectivity index (χ0v) is 41.8. The Morgan fingerprint density at radius 1 is 0.939 bits per heavy atom. The molecule has 0 spiro atoms. The molecule has 0 fully saturated rings. The van der Waals surface area contributed by atoms with Crippen LogP contribution in [0.5, 0.6) is 0 Å². The minimum absolute atomic E-state index is 0. The molecule has 8 bridgehead atoms.